The number of rotatable bonds is 5. The second-order valence-corrected chi connectivity index (χ2v) is 7.06. The van der Waals surface area contributed by atoms with Crippen molar-refractivity contribution in [2.75, 3.05) is 26.3 Å². The molecular formula is C17H32N2O. The lowest BCUT2D eigenvalue weighted by Crippen LogP contribution is -2.47. The van der Waals surface area contributed by atoms with Crippen molar-refractivity contribution in [2.45, 2.75) is 69.9 Å². The molecular weight excluding hydrogens is 248 g/mol. The molecule has 116 valence electrons. The molecule has 1 aliphatic carbocycles. The van der Waals surface area contributed by atoms with Crippen LogP contribution in [-0.4, -0.2) is 38.4 Å². The van der Waals surface area contributed by atoms with E-state index in [-0.39, 0.29) is 0 Å². The minimum absolute atomic E-state index is 0.783. The second kappa shape index (κ2) is 7.77. The zero-order chi connectivity index (χ0) is 13.6. The summed E-state index contributed by atoms with van der Waals surface area (Å²) in [5.74, 6) is 1.80. The van der Waals surface area contributed by atoms with Gasteiger partial charge < -0.3 is 15.4 Å². The summed E-state index contributed by atoms with van der Waals surface area (Å²) in [7, 11) is 0. The van der Waals surface area contributed by atoms with E-state index in [1.165, 1.54) is 70.9 Å². The average Bonchev–Trinajstić information content (AvgIpc) is 2.98. The summed E-state index contributed by atoms with van der Waals surface area (Å²) in [5, 5.41) is 7.67. The quantitative estimate of drug-likeness (QED) is 0.812. The van der Waals surface area contributed by atoms with Crippen LogP contribution in [0.2, 0.25) is 0 Å². The Bertz CT molecular complexity index is 272. The van der Waals surface area contributed by atoms with Gasteiger partial charge in [-0.15, -0.1) is 0 Å². The molecule has 3 fully saturated rings. The molecule has 2 saturated heterocycles. The largest absolute Gasteiger partial charge is 0.381 e. The van der Waals surface area contributed by atoms with Crippen molar-refractivity contribution >= 4 is 0 Å². The molecule has 2 heterocycles. The van der Waals surface area contributed by atoms with E-state index in [0.717, 1.165) is 37.1 Å². The fourth-order valence-corrected chi connectivity index (χ4v) is 4.48. The van der Waals surface area contributed by atoms with E-state index in [9.17, 15) is 0 Å². The Balaban J connectivity index is 1.39. The summed E-state index contributed by atoms with van der Waals surface area (Å²) in [4.78, 5) is 0. The van der Waals surface area contributed by atoms with Crippen LogP contribution in [0.25, 0.3) is 0 Å². The first-order chi connectivity index (χ1) is 9.93. The molecule has 3 atom stereocenters. The van der Waals surface area contributed by atoms with E-state index >= 15 is 0 Å². The normalized spacial score (nSPS) is 36.3. The predicted octanol–water partition coefficient (Wildman–Crippen LogP) is 2.70. The van der Waals surface area contributed by atoms with Crippen molar-refractivity contribution in [3.8, 4) is 0 Å². The molecule has 0 aromatic rings. The molecule has 3 rings (SSSR count). The van der Waals surface area contributed by atoms with Gasteiger partial charge in [-0.25, -0.2) is 0 Å². The lowest BCUT2D eigenvalue weighted by molar-refractivity contribution is 0.0635. The molecule has 3 heteroatoms. The first kappa shape index (κ1) is 14.8. The third-order valence-corrected chi connectivity index (χ3v) is 5.73. The van der Waals surface area contributed by atoms with E-state index in [2.05, 4.69) is 10.6 Å². The fourth-order valence-electron chi connectivity index (χ4n) is 4.48. The molecule has 3 nitrogen and oxygen atoms in total. The Morgan fingerprint density at radius 1 is 0.950 bits per heavy atom. The van der Waals surface area contributed by atoms with E-state index in [1.807, 2.05) is 0 Å². The van der Waals surface area contributed by atoms with Crippen LogP contribution in [0.3, 0.4) is 0 Å². The second-order valence-electron chi connectivity index (χ2n) is 7.06. The highest BCUT2D eigenvalue weighted by molar-refractivity contribution is 4.92. The molecule has 2 N–H and O–H groups in total. The topological polar surface area (TPSA) is 33.3 Å². The van der Waals surface area contributed by atoms with Crippen LogP contribution in [0.5, 0.6) is 0 Å². The molecule has 2 aliphatic heterocycles. The number of hydrogen-bond donors (Lipinski definition) is 2. The highest BCUT2D eigenvalue weighted by atomic mass is 16.5. The fraction of sp³-hybridized carbons (Fsp3) is 1.00. The van der Waals surface area contributed by atoms with Crippen LogP contribution >= 0.6 is 0 Å². The van der Waals surface area contributed by atoms with Gasteiger partial charge in [0.25, 0.3) is 0 Å². The monoisotopic (exact) mass is 280 g/mol. The minimum atomic E-state index is 0.783. The summed E-state index contributed by atoms with van der Waals surface area (Å²) in [6.45, 7) is 4.44. The summed E-state index contributed by atoms with van der Waals surface area (Å²) in [6.07, 6.45) is 12.4. The zero-order valence-corrected chi connectivity index (χ0v) is 12.9. The maximum absolute atomic E-state index is 5.45. The Labute approximate surface area is 124 Å². The van der Waals surface area contributed by atoms with Gasteiger partial charge in [-0.3, -0.25) is 0 Å². The molecule has 0 spiro atoms. The van der Waals surface area contributed by atoms with Crippen LogP contribution in [0.15, 0.2) is 0 Å². The van der Waals surface area contributed by atoms with E-state index < -0.39 is 0 Å². The molecule has 3 aliphatic rings. The standard InChI is InChI=1S/C17H32N2O/c1-2-10-18-16(5-1)15-4-3-6-17(15)19-11-7-14-8-12-20-13-9-14/h14-19H,1-13H2. The SMILES string of the molecule is C1CCC(C2CCCC2NCCC2CCOCC2)NC1. The maximum Gasteiger partial charge on any atom is 0.0468 e. The third-order valence-electron chi connectivity index (χ3n) is 5.73. The van der Waals surface area contributed by atoms with Crippen LogP contribution in [0.1, 0.15) is 57.8 Å². The Morgan fingerprint density at radius 3 is 2.65 bits per heavy atom. The van der Waals surface area contributed by atoms with Crippen LogP contribution in [0, 0.1) is 11.8 Å². The van der Waals surface area contributed by atoms with Gasteiger partial charge in [-0.05, 0) is 69.9 Å². The van der Waals surface area contributed by atoms with Gasteiger partial charge in [0.15, 0.2) is 0 Å². The number of piperidine rings is 1. The van der Waals surface area contributed by atoms with Gasteiger partial charge in [0.1, 0.15) is 0 Å². The van der Waals surface area contributed by atoms with Gasteiger partial charge >= 0.3 is 0 Å². The van der Waals surface area contributed by atoms with Crippen molar-refractivity contribution in [1.29, 1.82) is 0 Å². The molecule has 3 unspecified atom stereocenters. The van der Waals surface area contributed by atoms with Crippen molar-refractivity contribution in [2.24, 2.45) is 11.8 Å². The Hall–Kier alpha value is -0.120. The van der Waals surface area contributed by atoms with Crippen LogP contribution < -0.4 is 10.6 Å². The Kier molecular flexibility index (Phi) is 5.75. The highest BCUT2D eigenvalue weighted by Crippen LogP contribution is 2.32. The minimum Gasteiger partial charge on any atom is -0.381 e. The van der Waals surface area contributed by atoms with Gasteiger partial charge in [0.05, 0.1) is 0 Å². The number of hydrogen-bond acceptors (Lipinski definition) is 3. The molecule has 0 amide bonds. The van der Waals surface area contributed by atoms with E-state index in [0.29, 0.717) is 0 Å². The van der Waals surface area contributed by atoms with Crippen LogP contribution in [-0.2, 0) is 4.74 Å². The van der Waals surface area contributed by atoms with E-state index in [4.69, 9.17) is 4.74 Å². The summed E-state index contributed by atoms with van der Waals surface area (Å²) in [6, 6.07) is 1.58. The third kappa shape index (κ3) is 3.96. The van der Waals surface area contributed by atoms with Crippen molar-refractivity contribution in [1.82, 2.24) is 10.6 Å². The first-order valence-electron chi connectivity index (χ1n) is 8.98. The first-order valence-corrected chi connectivity index (χ1v) is 8.98. The molecule has 0 aromatic carbocycles. The van der Waals surface area contributed by atoms with Gasteiger partial charge in [0.2, 0.25) is 0 Å². The molecule has 20 heavy (non-hydrogen) atoms. The van der Waals surface area contributed by atoms with Gasteiger partial charge in [-0.1, -0.05) is 12.8 Å². The van der Waals surface area contributed by atoms with Crippen LogP contribution in [0.4, 0.5) is 0 Å². The summed E-state index contributed by atoms with van der Waals surface area (Å²) < 4.78 is 5.45. The molecule has 0 radical (unpaired) electrons. The maximum atomic E-state index is 5.45. The highest BCUT2D eigenvalue weighted by Gasteiger charge is 2.33. The summed E-state index contributed by atoms with van der Waals surface area (Å²) >= 11 is 0. The van der Waals surface area contributed by atoms with E-state index in [1.54, 1.807) is 0 Å². The predicted molar refractivity (Wildman–Crippen MR) is 82.9 cm³/mol. The molecule has 0 bridgehead atoms. The average molecular weight is 280 g/mol. The molecule has 0 aromatic heterocycles. The summed E-state index contributed by atoms with van der Waals surface area (Å²) in [5.41, 5.74) is 0. The van der Waals surface area contributed by atoms with Crippen molar-refractivity contribution in [3.05, 3.63) is 0 Å². The Morgan fingerprint density at radius 2 is 1.85 bits per heavy atom. The number of ether oxygens (including phenoxy) is 1. The lowest BCUT2D eigenvalue weighted by Gasteiger charge is -2.33. The molecule has 1 saturated carbocycles. The van der Waals surface area contributed by atoms with Gasteiger partial charge in [-0.2, -0.15) is 0 Å². The van der Waals surface area contributed by atoms with Gasteiger partial charge in [0, 0.05) is 25.3 Å². The number of nitrogens with one attached hydrogen (secondary N) is 2. The smallest absolute Gasteiger partial charge is 0.0468 e. The zero-order valence-electron chi connectivity index (χ0n) is 12.9. The van der Waals surface area contributed by atoms with Crippen molar-refractivity contribution < 1.29 is 4.74 Å². The lowest BCUT2D eigenvalue weighted by atomic mass is 9.88. The van der Waals surface area contributed by atoms with Crippen molar-refractivity contribution in [3.63, 3.8) is 0 Å².